The lowest BCUT2D eigenvalue weighted by molar-refractivity contribution is -0.122. The Hall–Kier alpha value is -3.42. The number of anilines is 1. The summed E-state index contributed by atoms with van der Waals surface area (Å²) in [5.41, 5.74) is 1.41. The van der Waals surface area contributed by atoms with Gasteiger partial charge < -0.3 is 14.8 Å². The lowest BCUT2D eigenvalue weighted by Crippen LogP contribution is -2.31. The summed E-state index contributed by atoms with van der Waals surface area (Å²) in [5.74, 6) is 0.454. The van der Waals surface area contributed by atoms with E-state index in [1.807, 2.05) is 12.1 Å². The van der Waals surface area contributed by atoms with Gasteiger partial charge >= 0.3 is 6.61 Å². The average molecular weight is 549 g/mol. The van der Waals surface area contributed by atoms with Crippen LogP contribution in [0.4, 0.5) is 13.9 Å². The van der Waals surface area contributed by atoms with Crippen LogP contribution < -0.4 is 14.8 Å². The molecule has 1 fully saturated rings. The van der Waals surface area contributed by atoms with Crippen LogP contribution in [0.3, 0.4) is 0 Å². The predicted octanol–water partition coefficient (Wildman–Crippen LogP) is 5.05. The van der Waals surface area contributed by atoms with E-state index in [9.17, 15) is 18.4 Å². The zero-order valence-electron chi connectivity index (χ0n) is 18.6. The molecule has 0 atom stereocenters. The van der Waals surface area contributed by atoms with Crippen molar-refractivity contribution < 1.29 is 27.8 Å². The highest BCUT2D eigenvalue weighted by molar-refractivity contribution is 8.26. The molecule has 0 spiro atoms. The molecule has 0 unspecified atom stereocenters. The monoisotopic (exact) mass is 548 g/mol. The number of benzene rings is 2. The van der Waals surface area contributed by atoms with Crippen molar-refractivity contribution >= 4 is 62.9 Å². The van der Waals surface area contributed by atoms with Crippen molar-refractivity contribution in [3.8, 4) is 22.9 Å². The van der Waals surface area contributed by atoms with Gasteiger partial charge in [0.2, 0.25) is 11.0 Å². The quantitative estimate of drug-likeness (QED) is 0.294. The van der Waals surface area contributed by atoms with E-state index >= 15 is 0 Å². The minimum Gasteiger partial charge on any atom is -0.497 e. The Bertz CT molecular complexity index is 1300. The van der Waals surface area contributed by atoms with Crippen LogP contribution in [0.2, 0.25) is 0 Å². The summed E-state index contributed by atoms with van der Waals surface area (Å²) in [6.07, 6.45) is 1.75. The highest BCUT2D eigenvalue weighted by Crippen LogP contribution is 2.33. The maximum atomic E-state index is 12.8. The smallest absolute Gasteiger partial charge is 0.387 e. The zero-order chi connectivity index (χ0) is 25.7. The Labute approximate surface area is 218 Å². The van der Waals surface area contributed by atoms with Gasteiger partial charge in [0.1, 0.15) is 15.8 Å². The number of ether oxygens (including phenoxy) is 2. The number of thiocarbonyl (C=S) groups is 1. The van der Waals surface area contributed by atoms with E-state index in [0.29, 0.717) is 26.4 Å². The molecule has 1 aliphatic rings. The Morgan fingerprint density at radius 2 is 1.86 bits per heavy atom. The van der Waals surface area contributed by atoms with Gasteiger partial charge in [-0.1, -0.05) is 36.1 Å². The number of methoxy groups -OCH3 is 1. The standard InChI is InChI=1S/C23H18F2N4O4S3/c1-32-15-6-2-13(3-7-15)12-17-20(31)29(23(34)35-17)11-10-18(30)26-22-27-19(28-36-22)14-4-8-16(9-5-14)33-21(24)25/h2-9,12,21H,10-11H2,1H3,(H,26,27,28,30)/b17-12-. The van der Waals surface area contributed by atoms with Crippen LogP contribution in [0.25, 0.3) is 17.5 Å². The summed E-state index contributed by atoms with van der Waals surface area (Å²) in [5, 5.41) is 2.92. The molecule has 3 aromatic rings. The van der Waals surface area contributed by atoms with Crippen LogP contribution >= 0.6 is 35.5 Å². The molecule has 2 aromatic carbocycles. The van der Waals surface area contributed by atoms with Crippen molar-refractivity contribution in [3.63, 3.8) is 0 Å². The summed E-state index contributed by atoms with van der Waals surface area (Å²) in [6.45, 7) is -2.79. The number of nitrogens with zero attached hydrogens (tertiary/aromatic N) is 3. The number of aromatic nitrogens is 2. The van der Waals surface area contributed by atoms with Gasteiger partial charge in [-0.15, -0.1) is 0 Å². The van der Waals surface area contributed by atoms with Crippen LogP contribution in [-0.2, 0) is 9.59 Å². The van der Waals surface area contributed by atoms with E-state index in [1.54, 1.807) is 37.5 Å². The maximum absolute atomic E-state index is 12.8. The molecule has 1 aromatic heterocycles. The number of rotatable bonds is 9. The number of thioether (sulfide) groups is 1. The summed E-state index contributed by atoms with van der Waals surface area (Å²) in [7, 11) is 1.58. The molecule has 1 aliphatic heterocycles. The number of halogens is 2. The fourth-order valence-corrected chi connectivity index (χ4v) is 5.03. The molecule has 0 saturated carbocycles. The fourth-order valence-electron chi connectivity index (χ4n) is 3.12. The van der Waals surface area contributed by atoms with E-state index in [0.717, 1.165) is 17.1 Å². The number of carbonyl (C=O) groups is 2. The van der Waals surface area contributed by atoms with E-state index in [4.69, 9.17) is 17.0 Å². The topological polar surface area (TPSA) is 93.7 Å². The molecule has 2 amide bonds. The van der Waals surface area contributed by atoms with Gasteiger partial charge in [-0.3, -0.25) is 14.5 Å². The first-order chi connectivity index (χ1) is 17.3. The third-order valence-electron chi connectivity index (χ3n) is 4.86. The summed E-state index contributed by atoms with van der Waals surface area (Å²) in [6, 6.07) is 13.1. The molecule has 1 saturated heterocycles. The molecule has 1 N–H and O–H groups in total. The molecule has 4 rings (SSSR count). The second-order valence-corrected chi connectivity index (χ2v) is 9.66. The van der Waals surface area contributed by atoms with Crippen molar-refractivity contribution in [1.82, 2.24) is 14.3 Å². The lowest BCUT2D eigenvalue weighted by Gasteiger charge is -2.13. The fraction of sp³-hybridized carbons (Fsp3) is 0.174. The molecule has 36 heavy (non-hydrogen) atoms. The van der Waals surface area contributed by atoms with Crippen molar-refractivity contribution in [2.24, 2.45) is 0 Å². The molecule has 186 valence electrons. The Morgan fingerprint density at radius 1 is 1.17 bits per heavy atom. The summed E-state index contributed by atoms with van der Waals surface area (Å²) >= 11 is 7.49. The molecule has 0 aliphatic carbocycles. The second-order valence-electron chi connectivity index (χ2n) is 7.23. The Kier molecular flexibility index (Phi) is 8.23. The third kappa shape index (κ3) is 6.42. The maximum Gasteiger partial charge on any atom is 0.387 e. The van der Waals surface area contributed by atoms with Crippen LogP contribution in [0.1, 0.15) is 12.0 Å². The van der Waals surface area contributed by atoms with E-state index in [-0.39, 0.29) is 35.7 Å². The average Bonchev–Trinajstić information content (AvgIpc) is 3.42. The third-order valence-corrected chi connectivity index (χ3v) is 6.87. The van der Waals surface area contributed by atoms with Crippen molar-refractivity contribution in [3.05, 3.63) is 59.0 Å². The summed E-state index contributed by atoms with van der Waals surface area (Å²) < 4.78 is 38.6. The predicted molar refractivity (Wildman–Crippen MR) is 138 cm³/mol. The van der Waals surface area contributed by atoms with Gasteiger partial charge in [0, 0.05) is 30.1 Å². The van der Waals surface area contributed by atoms with Gasteiger partial charge in [-0.2, -0.15) is 18.1 Å². The van der Waals surface area contributed by atoms with Gasteiger partial charge in [0.25, 0.3) is 5.91 Å². The Balaban J connectivity index is 1.31. The lowest BCUT2D eigenvalue weighted by atomic mass is 10.2. The minimum atomic E-state index is -2.91. The number of amides is 2. The van der Waals surface area contributed by atoms with Gasteiger partial charge in [0.15, 0.2) is 5.82 Å². The van der Waals surface area contributed by atoms with E-state index in [1.165, 1.54) is 28.8 Å². The molecule has 8 nitrogen and oxygen atoms in total. The minimum absolute atomic E-state index is 0.0107. The van der Waals surface area contributed by atoms with E-state index in [2.05, 4.69) is 19.4 Å². The first-order valence-electron chi connectivity index (χ1n) is 10.4. The summed E-state index contributed by atoms with van der Waals surface area (Å²) in [4.78, 5) is 31.3. The first kappa shape index (κ1) is 25.7. The van der Waals surface area contributed by atoms with Crippen LogP contribution in [-0.4, -0.2) is 50.7 Å². The largest absolute Gasteiger partial charge is 0.497 e. The number of alkyl halides is 2. The van der Waals surface area contributed by atoms with Crippen molar-refractivity contribution in [2.45, 2.75) is 13.0 Å². The number of hydrogen-bond donors (Lipinski definition) is 1. The van der Waals surface area contributed by atoms with Gasteiger partial charge in [0.05, 0.1) is 12.0 Å². The van der Waals surface area contributed by atoms with Crippen LogP contribution in [0.5, 0.6) is 11.5 Å². The SMILES string of the molecule is COc1ccc(/C=C2\SC(=S)N(CCC(=O)Nc3nc(-c4ccc(OC(F)F)cc4)ns3)C2=O)cc1. The molecular weight excluding hydrogens is 530 g/mol. The van der Waals surface area contributed by atoms with E-state index < -0.39 is 6.61 Å². The zero-order valence-corrected chi connectivity index (χ0v) is 21.1. The molecular formula is C23H18F2N4O4S3. The van der Waals surface area contributed by atoms with Gasteiger partial charge in [-0.05, 0) is 48.0 Å². The van der Waals surface area contributed by atoms with Crippen molar-refractivity contribution in [2.75, 3.05) is 19.0 Å². The second kappa shape index (κ2) is 11.5. The molecule has 0 radical (unpaired) electrons. The highest BCUT2D eigenvalue weighted by Gasteiger charge is 2.32. The highest BCUT2D eigenvalue weighted by atomic mass is 32.2. The first-order valence-corrected chi connectivity index (χ1v) is 12.4. The number of hydrogen-bond acceptors (Lipinski definition) is 9. The van der Waals surface area contributed by atoms with Crippen LogP contribution in [0.15, 0.2) is 53.4 Å². The Morgan fingerprint density at radius 3 is 2.53 bits per heavy atom. The van der Waals surface area contributed by atoms with Crippen LogP contribution in [0, 0.1) is 0 Å². The number of nitrogens with one attached hydrogen (secondary N) is 1. The molecule has 2 heterocycles. The molecule has 0 bridgehead atoms. The molecule has 13 heteroatoms. The van der Waals surface area contributed by atoms with Crippen molar-refractivity contribution in [1.29, 1.82) is 0 Å². The normalized spacial score (nSPS) is 14.6. The number of carbonyl (C=O) groups excluding carboxylic acids is 2. The van der Waals surface area contributed by atoms with Gasteiger partial charge in [-0.25, -0.2) is 0 Å².